The zero-order valence-electron chi connectivity index (χ0n) is 6.90. The molecule has 0 amide bonds. The summed E-state index contributed by atoms with van der Waals surface area (Å²) >= 11 is 0. The first kappa shape index (κ1) is 7.15. The largest absolute Gasteiger partial charge is 0.243 e. The molecule has 0 radical (unpaired) electrons. The summed E-state index contributed by atoms with van der Waals surface area (Å²) in [7, 11) is 0. The number of hydrogen-bond donors (Lipinski definition) is 0. The molecule has 2 aromatic rings. The maximum Gasteiger partial charge on any atom is 0.160 e. The fourth-order valence-electron chi connectivity index (χ4n) is 1.08. The van der Waals surface area contributed by atoms with Gasteiger partial charge in [-0.1, -0.05) is 6.92 Å². The van der Waals surface area contributed by atoms with Crippen LogP contribution in [0.15, 0.2) is 4.63 Å². The lowest BCUT2D eigenvalue weighted by atomic mass is 10.2. The standard InChI is InChI=1S/C7H8N4O/c1-3-5-7-6(10-12-11-7)4(2)8-9-5/h3H2,1-2H3. The number of rotatable bonds is 1. The van der Waals surface area contributed by atoms with Crippen molar-refractivity contribution >= 4 is 11.0 Å². The topological polar surface area (TPSA) is 64.7 Å². The van der Waals surface area contributed by atoms with E-state index in [9.17, 15) is 0 Å². The van der Waals surface area contributed by atoms with Crippen LogP contribution in [0.25, 0.3) is 11.0 Å². The van der Waals surface area contributed by atoms with Gasteiger partial charge in [0.25, 0.3) is 0 Å². The number of fused-ring (bicyclic) bond motifs is 1. The van der Waals surface area contributed by atoms with Crippen LogP contribution in [0.2, 0.25) is 0 Å². The highest BCUT2D eigenvalue weighted by atomic mass is 16.6. The molecular formula is C7H8N4O. The van der Waals surface area contributed by atoms with E-state index in [0.29, 0.717) is 5.52 Å². The van der Waals surface area contributed by atoms with Crippen LogP contribution >= 0.6 is 0 Å². The van der Waals surface area contributed by atoms with Crippen LogP contribution in [0.3, 0.4) is 0 Å². The van der Waals surface area contributed by atoms with E-state index in [2.05, 4.69) is 25.1 Å². The molecule has 0 unspecified atom stereocenters. The van der Waals surface area contributed by atoms with Gasteiger partial charge in [0.15, 0.2) is 11.0 Å². The Kier molecular flexibility index (Phi) is 1.49. The van der Waals surface area contributed by atoms with Gasteiger partial charge in [0.1, 0.15) is 0 Å². The summed E-state index contributed by atoms with van der Waals surface area (Å²) in [6.45, 7) is 3.83. The molecule has 0 saturated carbocycles. The summed E-state index contributed by atoms with van der Waals surface area (Å²) in [5.74, 6) is 0. The quantitative estimate of drug-likeness (QED) is 0.626. The smallest absolute Gasteiger partial charge is 0.160 e. The molecule has 0 saturated heterocycles. The average Bonchev–Trinajstić information content (AvgIpc) is 2.54. The fraction of sp³-hybridized carbons (Fsp3) is 0.429. The first-order valence-corrected chi connectivity index (χ1v) is 3.77. The Morgan fingerprint density at radius 2 is 1.92 bits per heavy atom. The van der Waals surface area contributed by atoms with E-state index in [4.69, 9.17) is 0 Å². The molecule has 0 aromatic carbocycles. The molecule has 12 heavy (non-hydrogen) atoms. The second-order valence-corrected chi connectivity index (χ2v) is 2.55. The van der Waals surface area contributed by atoms with Gasteiger partial charge in [-0.25, -0.2) is 4.63 Å². The van der Waals surface area contributed by atoms with Crippen LogP contribution in [-0.4, -0.2) is 20.5 Å². The van der Waals surface area contributed by atoms with Crippen molar-refractivity contribution in [3.8, 4) is 0 Å². The van der Waals surface area contributed by atoms with Crippen LogP contribution in [0.4, 0.5) is 0 Å². The van der Waals surface area contributed by atoms with Crippen LogP contribution in [0.1, 0.15) is 18.3 Å². The van der Waals surface area contributed by atoms with Crippen molar-refractivity contribution in [2.24, 2.45) is 0 Å². The van der Waals surface area contributed by atoms with Crippen LogP contribution < -0.4 is 0 Å². The normalized spacial score (nSPS) is 10.8. The first-order valence-electron chi connectivity index (χ1n) is 3.77. The predicted molar refractivity (Wildman–Crippen MR) is 41.5 cm³/mol. The minimum absolute atomic E-state index is 0.710. The molecule has 5 nitrogen and oxygen atoms in total. The van der Waals surface area contributed by atoms with E-state index in [-0.39, 0.29) is 0 Å². The molecule has 0 spiro atoms. The van der Waals surface area contributed by atoms with Crippen molar-refractivity contribution in [2.45, 2.75) is 20.3 Å². The molecule has 0 atom stereocenters. The van der Waals surface area contributed by atoms with E-state index in [0.717, 1.165) is 23.3 Å². The van der Waals surface area contributed by atoms with Gasteiger partial charge >= 0.3 is 0 Å². The maximum atomic E-state index is 4.61. The lowest BCUT2D eigenvalue weighted by Crippen LogP contribution is -1.95. The van der Waals surface area contributed by atoms with E-state index in [1.54, 1.807) is 0 Å². The SMILES string of the molecule is CCc1nnc(C)c2nonc12. The molecule has 0 aliphatic rings. The van der Waals surface area contributed by atoms with Crippen molar-refractivity contribution in [3.05, 3.63) is 11.4 Å². The number of nitrogens with zero attached hydrogens (tertiary/aromatic N) is 4. The van der Waals surface area contributed by atoms with Crippen LogP contribution in [0.5, 0.6) is 0 Å². The molecule has 0 N–H and O–H groups in total. The maximum absolute atomic E-state index is 4.61. The summed E-state index contributed by atoms with van der Waals surface area (Å²) in [5.41, 5.74) is 3.02. The minimum Gasteiger partial charge on any atom is -0.243 e. The summed E-state index contributed by atoms with van der Waals surface area (Å²) in [6, 6.07) is 0. The van der Waals surface area contributed by atoms with E-state index >= 15 is 0 Å². The number of aryl methyl sites for hydroxylation is 2. The minimum atomic E-state index is 0.710. The van der Waals surface area contributed by atoms with E-state index in [1.807, 2.05) is 13.8 Å². The molecule has 62 valence electrons. The summed E-state index contributed by atoms with van der Waals surface area (Å²) in [4.78, 5) is 0. The second kappa shape index (κ2) is 2.51. The van der Waals surface area contributed by atoms with Gasteiger partial charge < -0.3 is 0 Å². The molecule has 2 rings (SSSR count). The van der Waals surface area contributed by atoms with Gasteiger partial charge in [0.2, 0.25) is 0 Å². The summed E-state index contributed by atoms with van der Waals surface area (Å²) < 4.78 is 4.61. The highest BCUT2D eigenvalue weighted by Crippen LogP contribution is 2.14. The van der Waals surface area contributed by atoms with Crippen LogP contribution in [0, 0.1) is 6.92 Å². The van der Waals surface area contributed by atoms with Crippen molar-refractivity contribution in [2.75, 3.05) is 0 Å². The molecular weight excluding hydrogens is 156 g/mol. The highest BCUT2D eigenvalue weighted by molar-refractivity contribution is 5.76. The average molecular weight is 164 g/mol. The zero-order chi connectivity index (χ0) is 8.55. The molecule has 2 heterocycles. The van der Waals surface area contributed by atoms with Crippen molar-refractivity contribution in [1.29, 1.82) is 0 Å². The van der Waals surface area contributed by atoms with E-state index in [1.165, 1.54) is 0 Å². The Labute approximate surface area is 68.8 Å². The van der Waals surface area contributed by atoms with Gasteiger partial charge in [0.05, 0.1) is 11.4 Å². The third kappa shape index (κ3) is 0.861. The van der Waals surface area contributed by atoms with Gasteiger partial charge in [-0.3, -0.25) is 0 Å². The fourth-order valence-corrected chi connectivity index (χ4v) is 1.08. The zero-order valence-corrected chi connectivity index (χ0v) is 6.90. The van der Waals surface area contributed by atoms with Gasteiger partial charge in [-0.2, -0.15) is 10.2 Å². The van der Waals surface area contributed by atoms with Crippen molar-refractivity contribution in [1.82, 2.24) is 20.5 Å². The third-order valence-corrected chi connectivity index (χ3v) is 1.76. The van der Waals surface area contributed by atoms with Crippen molar-refractivity contribution < 1.29 is 4.63 Å². The van der Waals surface area contributed by atoms with Gasteiger partial charge in [-0.05, 0) is 23.7 Å². The van der Waals surface area contributed by atoms with Crippen molar-refractivity contribution in [3.63, 3.8) is 0 Å². The Morgan fingerprint density at radius 1 is 1.17 bits per heavy atom. The summed E-state index contributed by atoms with van der Waals surface area (Å²) in [6.07, 6.45) is 0.790. The molecule has 0 aliphatic carbocycles. The highest BCUT2D eigenvalue weighted by Gasteiger charge is 2.09. The molecule has 2 aromatic heterocycles. The third-order valence-electron chi connectivity index (χ3n) is 1.76. The van der Waals surface area contributed by atoms with Gasteiger partial charge in [-0.15, -0.1) is 0 Å². The Balaban J connectivity index is 2.82. The number of aromatic nitrogens is 4. The lowest BCUT2D eigenvalue weighted by Gasteiger charge is -1.94. The number of hydrogen-bond acceptors (Lipinski definition) is 5. The Morgan fingerprint density at radius 3 is 2.67 bits per heavy atom. The lowest BCUT2D eigenvalue weighted by molar-refractivity contribution is 0.315. The predicted octanol–water partition coefficient (Wildman–Crippen LogP) is 0.884. The molecule has 0 aliphatic heterocycles. The van der Waals surface area contributed by atoms with Crippen LogP contribution in [-0.2, 0) is 6.42 Å². The monoisotopic (exact) mass is 164 g/mol. The van der Waals surface area contributed by atoms with E-state index < -0.39 is 0 Å². The Hall–Kier alpha value is -1.52. The first-order chi connectivity index (χ1) is 5.83. The molecule has 5 heteroatoms. The molecule has 0 bridgehead atoms. The molecule has 0 fully saturated rings. The van der Waals surface area contributed by atoms with Gasteiger partial charge in [0, 0.05) is 0 Å². The Bertz CT molecular complexity index is 409. The second-order valence-electron chi connectivity index (χ2n) is 2.55. The summed E-state index contributed by atoms with van der Waals surface area (Å²) in [5, 5.41) is 15.4.